The summed E-state index contributed by atoms with van der Waals surface area (Å²) in [4.78, 5) is 10.4. The van der Waals surface area contributed by atoms with Crippen molar-refractivity contribution >= 4 is 36.5 Å². The smallest absolute Gasteiger partial charge is 0.310 e. The topological polar surface area (TPSA) is 66.8 Å². The zero-order valence-corrected chi connectivity index (χ0v) is 16.3. The molecule has 3 heterocycles. The molecule has 0 aromatic carbocycles. The van der Waals surface area contributed by atoms with Gasteiger partial charge in [0.25, 0.3) is 0 Å². The highest BCUT2D eigenvalue weighted by Crippen LogP contribution is 2.18. The Hall–Kier alpha value is -1.15. The molecule has 3 unspecified atom stereocenters. The van der Waals surface area contributed by atoms with E-state index in [1.807, 2.05) is 35.2 Å². The van der Waals surface area contributed by atoms with Crippen LogP contribution in [0, 0.1) is 0 Å². The molecule has 0 saturated carbocycles. The third kappa shape index (κ3) is 8.67. The predicted octanol–water partition coefficient (Wildman–Crippen LogP) is 4.07. The maximum atomic E-state index is 10.4. The Bertz CT molecular complexity index is 566. The molecular weight excluding hydrogens is 355 g/mol. The minimum atomic E-state index is -0.765. The fourth-order valence-electron chi connectivity index (χ4n) is 1.93. The first-order valence-electron chi connectivity index (χ1n) is 8.20. The lowest BCUT2D eigenvalue weighted by Crippen LogP contribution is -2.05. The highest BCUT2D eigenvalue weighted by atomic mass is 32.1. The summed E-state index contributed by atoms with van der Waals surface area (Å²) in [6.07, 6.45) is 2.18. The molecule has 3 atom stereocenters. The van der Waals surface area contributed by atoms with Gasteiger partial charge in [-0.1, -0.05) is 6.92 Å². The number of ether oxygens (including phenoxy) is 1. The summed E-state index contributed by atoms with van der Waals surface area (Å²) in [5, 5.41) is 25.1. The van der Waals surface area contributed by atoms with Gasteiger partial charge in [-0.15, -0.1) is 0 Å². The van der Waals surface area contributed by atoms with Crippen LogP contribution in [0.15, 0.2) is 33.7 Å². The van der Waals surface area contributed by atoms with E-state index < -0.39 is 5.97 Å². The molecule has 136 valence electrons. The van der Waals surface area contributed by atoms with E-state index in [9.17, 15) is 4.79 Å². The number of carboxylic acids is 1. The van der Waals surface area contributed by atoms with Gasteiger partial charge in [-0.2, -0.15) is 22.7 Å². The SMILES string of the molecule is CC(C(=O)O)c1ccsc1.CC(CO)c1ccsc1.[B]C1CCCO1. The molecule has 2 aromatic heterocycles. The second kappa shape index (κ2) is 12.2. The van der Waals surface area contributed by atoms with Crippen molar-refractivity contribution in [2.24, 2.45) is 0 Å². The molecule has 7 heteroatoms. The molecule has 1 fully saturated rings. The van der Waals surface area contributed by atoms with E-state index in [4.69, 9.17) is 22.8 Å². The minimum absolute atomic E-state index is 0.0463. The van der Waals surface area contributed by atoms with Crippen LogP contribution in [0.1, 0.15) is 49.7 Å². The van der Waals surface area contributed by atoms with Crippen LogP contribution in [-0.2, 0) is 9.53 Å². The van der Waals surface area contributed by atoms with Crippen LogP contribution in [0.5, 0.6) is 0 Å². The standard InChI is InChI=1S/C7H8O2S.C7H10OS.C4H7BO/c1-5(7(8)9)6-2-3-10-4-6;1-6(4-8)7-2-3-9-5-7;5-4-2-1-3-6-4/h2-5H,1H3,(H,8,9);2-3,5-6,8H,4H2,1H3;4H,1-3H2. The van der Waals surface area contributed by atoms with Crippen molar-refractivity contribution in [3.8, 4) is 0 Å². The van der Waals surface area contributed by atoms with Crippen LogP contribution in [0.4, 0.5) is 0 Å². The molecule has 2 radical (unpaired) electrons. The number of aliphatic carboxylic acids is 1. The van der Waals surface area contributed by atoms with Gasteiger partial charge in [-0.05, 0) is 64.5 Å². The maximum Gasteiger partial charge on any atom is 0.310 e. The molecule has 1 saturated heterocycles. The quantitative estimate of drug-likeness (QED) is 0.785. The first-order chi connectivity index (χ1) is 12.0. The molecule has 0 amide bonds. The van der Waals surface area contributed by atoms with Crippen LogP contribution in [0.3, 0.4) is 0 Å². The normalized spacial score (nSPS) is 18.3. The van der Waals surface area contributed by atoms with Crippen molar-refractivity contribution in [3.63, 3.8) is 0 Å². The van der Waals surface area contributed by atoms with Gasteiger partial charge in [0.15, 0.2) is 0 Å². The van der Waals surface area contributed by atoms with Gasteiger partial charge in [0, 0.05) is 25.1 Å². The van der Waals surface area contributed by atoms with Gasteiger partial charge in [0.05, 0.1) is 5.92 Å². The first kappa shape index (κ1) is 21.9. The van der Waals surface area contributed by atoms with Crippen LogP contribution in [-0.4, -0.2) is 43.2 Å². The van der Waals surface area contributed by atoms with Crippen molar-refractivity contribution in [1.29, 1.82) is 0 Å². The summed E-state index contributed by atoms with van der Waals surface area (Å²) in [5.41, 5.74) is 2.13. The van der Waals surface area contributed by atoms with Crippen LogP contribution in [0.25, 0.3) is 0 Å². The number of aliphatic hydroxyl groups is 1. The minimum Gasteiger partial charge on any atom is -0.481 e. The van der Waals surface area contributed by atoms with E-state index in [-0.39, 0.29) is 18.5 Å². The average Bonchev–Trinajstić information content (AvgIpc) is 3.36. The summed E-state index contributed by atoms with van der Waals surface area (Å²) >= 11 is 3.19. The van der Waals surface area contributed by atoms with Crippen molar-refractivity contribution in [2.75, 3.05) is 13.2 Å². The van der Waals surface area contributed by atoms with Gasteiger partial charge >= 0.3 is 5.97 Å². The maximum absolute atomic E-state index is 10.4. The molecule has 2 N–H and O–H groups in total. The number of aliphatic hydroxyl groups excluding tert-OH is 1. The van der Waals surface area contributed by atoms with Crippen LogP contribution in [0.2, 0.25) is 0 Å². The third-order valence-corrected chi connectivity index (χ3v) is 5.17. The summed E-state index contributed by atoms with van der Waals surface area (Å²) in [6.45, 7) is 4.81. The molecule has 25 heavy (non-hydrogen) atoms. The van der Waals surface area contributed by atoms with E-state index in [0.29, 0.717) is 5.92 Å². The van der Waals surface area contributed by atoms with E-state index in [2.05, 4.69) is 5.38 Å². The lowest BCUT2D eigenvalue weighted by molar-refractivity contribution is -0.138. The number of carbonyl (C=O) groups is 1. The summed E-state index contributed by atoms with van der Waals surface area (Å²) < 4.78 is 4.93. The molecule has 0 aliphatic carbocycles. The van der Waals surface area contributed by atoms with Gasteiger partial charge < -0.3 is 14.9 Å². The Labute approximate surface area is 158 Å². The van der Waals surface area contributed by atoms with Crippen LogP contribution >= 0.6 is 22.7 Å². The predicted molar refractivity (Wildman–Crippen MR) is 105 cm³/mol. The Balaban J connectivity index is 0.000000193. The Kier molecular flexibility index (Phi) is 10.7. The molecule has 2 aromatic rings. The second-order valence-electron chi connectivity index (χ2n) is 5.81. The fraction of sp³-hybridized carbons (Fsp3) is 0.500. The molecular formula is C18H25BO4S2. The average molecular weight is 380 g/mol. The number of rotatable bonds is 4. The summed E-state index contributed by atoms with van der Waals surface area (Å²) in [5.74, 6) is -0.833. The van der Waals surface area contributed by atoms with Crippen molar-refractivity contribution in [2.45, 2.75) is 44.5 Å². The Morgan fingerprint density at radius 1 is 1.28 bits per heavy atom. The van der Waals surface area contributed by atoms with Crippen molar-refractivity contribution in [1.82, 2.24) is 0 Å². The summed E-state index contributed by atoms with van der Waals surface area (Å²) in [7, 11) is 5.31. The zero-order valence-electron chi connectivity index (χ0n) is 14.6. The van der Waals surface area contributed by atoms with Crippen molar-refractivity contribution in [3.05, 3.63) is 44.8 Å². The highest BCUT2D eigenvalue weighted by Gasteiger charge is 2.12. The van der Waals surface area contributed by atoms with E-state index in [0.717, 1.165) is 25.0 Å². The number of hydrogen-bond acceptors (Lipinski definition) is 5. The first-order valence-corrected chi connectivity index (χ1v) is 10.1. The zero-order chi connectivity index (χ0) is 18.7. The molecule has 1 aliphatic rings. The number of carboxylic acid groups (broad SMARTS) is 1. The summed E-state index contributed by atoms with van der Waals surface area (Å²) in [6, 6.07) is 3.93. The second-order valence-corrected chi connectivity index (χ2v) is 7.37. The largest absolute Gasteiger partial charge is 0.481 e. The van der Waals surface area contributed by atoms with E-state index in [1.165, 1.54) is 16.9 Å². The lowest BCUT2D eigenvalue weighted by atomic mass is 9.98. The van der Waals surface area contributed by atoms with Crippen LogP contribution < -0.4 is 0 Å². The molecule has 4 nitrogen and oxygen atoms in total. The Morgan fingerprint density at radius 3 is 2.20 bits per heavy atom. The number of thiophene rings is 2. The lowest BCUT2D eigenvalue weighted by Gasteiger charge is -2.01. The molecule has 0 spiro atoms. The molecule has 1 aliphatic heterocycles. The van der Waals surface area contributed by atoms with E-state index in [1.54, 1.807) is 18.3 Å². The Morgan fingerprint density at radius 2 is 1.88 bits per heavy atom. The van der Waals surface area contributed by atoms with Crippen molar-refractivity contribution < 1.29 is 19.7 Å². The third-order valence-electron chi connectivity index (χ3n) is 3.76. The van der Waals surface area contributed by atoms with Gasteiger partial charge in [0.1, 0.15) is 7.85 Å². The van der Waals surface area contributed by atoms with Gasteiger partial charge in [-0.25, -0.2) is 0 Å². The fourth-order valence-corrected chi connectivity index (χ4v) is 3.46. The highest BCUT2D eigenvalue weighted by molar-refractivity contribution is 7.08. The number of hydrogen-bond donors (Lipinski definition) is 2. The molecule has 3 rings (SSSR count). The van der Waals surface area contributed by atoms with Gasteiger partial charge in [0.2, 0.25) is 0 Å². The molecule has 0 bridgehead atoms. The van der Waals surface area contributed by atoms with Gasteiger partial charge in [-0.3, -0.25) is 4.79 Å². The van der Waals surface area contributed by atoms with E-state index >= 15 is 0 Å². The monoisotopic (exact) mass is 380 g/mol.